The number of nitrogens with one attached hydrogen (secondary N) is 1. The van der Waals surface area contributed by atoms with Gasteiger partial charge in [-0.3, -0.25) is 9.48 Å². The second-order valence-electron chi connectivity index (χ2n) is 5.08. The molecule has 2 aromatic heterocycles. The minimum atomic E-state index is -0.726. The van der Waals surface area contributed by atoms with Crippen molar-refractivity contribution in [3.63, 3.8) is 0 Å². The van der Waals surface area contributed by atoms with Crippen LogP contribution in [0.1, 0.15) is 23.5 Å². The Hall–Kier alpha value is -2.11. The van der Waals surface area contributed by atoms with Crippen LogP contribution in [0.4, 0.5) is 0 Å². The molecule has 3 rings (SSSR count). The van der Waals surface area contributed by atoms with Crippen LogP contribution in [0.2, 0.25) is 0 Å². The van der Waals surface area contributed by atoms with E-state index in [9.17, 15) is 4.79 Å². The number of rotatable bonds is 2. The molecule has 0 radical (unpaired) electrons. The molecule has 1 aliphatic rings. The Labute approximate surface area is 110 Å². The Kier molecular flexibility index (Phi) is 2.66. The Bertz CT molecular complexity index is 622. The van der Waals surface area contributed by atoms with E-state index in [1.54, 1.807) is 4.68 Å². The van der Waals surface area contributed by atoms with Crippen molar-refractivity contribution in [2.45, 2.75) is 26.2 Å². The molecule has 1 aliphatic carbocycles. The number of aromatic nitrogens is 4. The molecule has 6 heteroatoms. The number of aryl methyl sites for hydroxylation is 3. The maximum Gasteiger partial charge on any atom is 0.306 e. The summed E-state index contributed by atoms with van der Waals surface area (Å²) in [7, 11) is 1.89. The van der Waals surface area contributed by atoms with Crippen LogP contribution in [0.5, 0.6) is 0 Å². The first kappa shape index (κ1) is 12.0. The van der Waals surface area contributed by atoms with Gasteiger partial charge in [0.05, 0.1) is 11.6 Å². The Morgan fingerprint density at radius 2 is 2.37 bits per heavy atom. The summed E-state index contributed by atoms with van der Waals surface area (Å²) in [5.74, 6) is -0.290. The molecule has 2 N–H and O–H groups in total. The fourth-order valence-corrected chi connectivity index (χ4v) is 2.49. The number of hydrogen-bond donors (Lipinski definition) is 2. The van der Waals surface area contributed by atoms with Gasteiger partial charge in [-0.2, -0.15) is 5.10 Å². The highest BCUT2D eigenvalue weighted by Crippen LogP contribution is 2.27. The van der Waals surface area contributed by atoms with Gasteiger partial charge in [0.2, 0.25) is 0 Å². The summed E-state index contributed by atoms with van der Waals surface area (Å²) in [6.45, 7) is 1.99. The lowest BCUT2D eigenvalue weighted by Gasteiger charge is -2.16. The molecule has 0 amide bonds. The van der Waals surface area contributed by atoms with Crippen LogP contribution in [0.15, 0.2) is 6.07 Å². The largest absolute Gasteiger partial charge is 0.481 e. The zero-order chi connectivity index (χ0) is 13.6. The molecule has 19 heavy (non-hydrogen) atoms. The van der Waals surface area contributed by atoms with Crippen molar-refractivity contribution in [3.8, 4) is 11.5 Å². The van der Waals surface area contributed by atoms with Gasteiger partial charge in [0.25, 0.3) is 0 Å². The second kappa shape index (κ2) is 4.22. The van der Waals surface area contributed by atoms with E-state index in [1.807, 2.05) is 20.0 Å². The molecule has 0 bridgehead atoms. The summed E-state index contributed by atoms with van der Waals surface area (Å²) in [4.78, 5) is 18.8. The lowest BCUT2D eigenvalue weighted by atomic mass is 9.90. The summed E-state index contributed by atoms with van der Waals surface area (Å²) in [6.07, 6.45) is 1.91. The number of aromatic amines is 1. The van der Waals surface area contributed by atoms with Gasteiger partial charge in [-0.05, 0) is 25.8 Å². The van der Waals surface area contributed by atoms with E-state index in [4.69, 9.17) is 5.11 Å². The normalized spacial score (nSPS) is 18.3. The molecule has 0 aromatic carbocycles. The van der Waals surface area contributed by atoms with Gasteiger partial charge in [-0.25, -0.2) is 4.98 Å². The Balaban J connectivity index is 1.93. The molecule has 6 nitrogen and oxygen atoms in total. The average molecular weight is 260 g/mol. The van der Waals surface area contributed by atoms with Gasteiger partial charge in [-0.1, -0.05) is 0 Å². The number of fused-ring (bicyclic) bond motifs is 1. The van der Waals surface area contributed by atoms with Crippen molar-refractivity contribution < 1.29 is 9.90 Å². The number of hydrogen-bond acceptors (Lipinski definition) is 3. The molecule has 0 saturated heterocycles. The maximum absolute atomic E-state index is 11.0. The Morgan fingerprint density at radius 1 is 1.58 bits per heavy atom. The number of imidazole rings is 1. The van der Waals surface area contributed by atoms with Crippen molar-refractivity contribution in [2.75, 3.05) is 0 Å². The highest BCUT2D eigenvalue weighted by molar-refractivity contribution is 5.71. The lowest BCUT2D eigenvalue weighted by Crippen LogP contribution is -2.22. The van der Waals surface area contributed by atoms with Crippen LogP contribution in [0, 0.1) is 12.8 Å². The molecule has 0 fully saturated rings. The Morgan fingerprint density at radius 3 is 3.00 bits per heavy atom. The minimum Gasteiger partial charge on any atom is -0.481 e. The zero-order valence-electron chi connectivity index (χ0n) is 11.0. The van der Waals surface area contributed by atoms with E-state index >= 15 is 0 Å². The van der Waals surface area contributed by atoms with Crippen LogP contribution in [-0.4, -0.2) is 30.8 Å². The number of aliphatic carboxylic acids is 1. The fraction of sp³-hybridized carbons (Fsp3) is 0.462. The first-order valence-electron chi connectivity index (χ1n) is 6.36. The number of H-pyrrole nitrogens is 1. The van der Waals surface area contributed by atoms with Crippen molar-refractivity contribution >= 4 is 5.97 Å². The van der Waals surface area contributed by atoms with E-state index in [1.165, 1.54) is 0 Å². The molecular weight excluding hydrogens is 244 g/mol. The lowest BCUT2D eigenvalue weighted by molar-refractivity contribution is -0.142. The second-order valence-corrected chi connectivity index (χ2v) is 5.08. The summed E-state index contributed by atoms with van der Waals surface area (Å²) >= 11 is 0. The van der Waals surface area contributed by atoms with Crippen LogP contribution >= 0.6 is 0 Å². The van der Waals surface area contributed by atoms with Gasteiger partial charge < -0.3 is 10.1 Å². The summed E-state index contributed by atoms with van der Waals surface area (Å²) in [5.41, 5.74) is 3.79. The molecule has 0 spiro atoms. The molecule has 100 valence electrons. The highest BCUT2D eigenvalue weighted by atomic mass is 16.4. The zero-order valence-corrected chi connectivity index (χ0v) is 11.0. The van der Waals surface area contributed by atoms with Crippen molar-refractivity contribution in [2.24, 2.45) is 13.0 Å². The predicted molar refractivity (Wildman–Crippen MR) is 68.7 cm³/mol. The monoisotopic (exact) mass is 260 g/mol. The first-order valence-corrected chi connectivity index (χ1v) is 6.36. The SMILES string of the molecule is Cc1cc(-c2nc3c([nH]2)CC(C(=O)O)CC3)nn1C. The van der Waals surface area contributed by atoms with Gasteiger partial charge >= 0.3 is 5.97 Å². The van der Waals surface area contributed by atoms with E-state index in [2.05, 4.69) is 15.1 Å². The molecule has 1 atom stereocenters. The number of carboxylic acids is 1. The quantitative estimate of drug-likeness (QED) is 0.852. The van der Waals surface area contributed by atoms with Crippen LogP contribution in [0.3, 0.4) is 0 Å². The third kappa shape index (κ3) is 2.03. The third-order valence-corrected chi connectivity index (χ3v) is 3.75. The predicted octanol–water partition coefficient (Wildman–Crippen LogP) is 1.31. The van der Waals surface area contributed by atoms with E-state index in [0.29, 0.717) is 19.3 Å². The molecule has 0 aliphatic heterocycles. The molecule has 2 aromatic rings. The fourth-order valence-electron chi connectivity index (χ4n) is 2.49. The molecule has 0 saturated carbocycles. The average Bonchev–Trinajstić information content (AvgIpc) is 2.92. The van der Waals surface area contributed by atoms with Gasteiger partial charge in [0.15, 0.2) is 5.82 Å². The highest BCUT2D eigenvalue weighted by Gasteiger charge is 2.27. The summed E-state index contributed by atoms with van der Waals surface area (Å²) in [5, 5.41) is 13.5. The topological polar surface area (TPSA) is 83.8 Å². The molecule has 2 heterocycles. The number of carbonyl (C=O) groups is 1. The summed E-state index contributed by atoms with van der Waals surface area (Å²) in [6, 6.07) is 1.97. The maximum atomic E-state index is 11.0. The van der Waals surface area contributed by atoms with Gasteiger partial charge in [0, 0.05) is 24.9 Å². The van der Waals surface area contributed by atoms with Gasteiger partial charge in [0.1, 0.15) is 5.69 Å². The van der Waals surface area contributed by atoms with E-state index in [-0.39, 0.29) is 5.92 Å². The van der Waals surface area contributed by atoms with E-state index in [0.717, 1.165) is 28.6 Å². The minimum absolute atomic E-state index is 0.300. The smallest absolute Gasteiger partial charge is 0.306 e. The molecular formula is C13H16N4O2. The van der Waals surface area contributed by atoms with Crippen LogP contribution < -0.4 is 0 Å². The van der Waals surface area contributed by atoms with Gasteiger partial charge in [-0.15, -0.1) is 0 Å². The third-order valence-electron chi connectivity index (χ3n) is 3.75. The number of carboxylic acid groups (broad SMARTS) is 1. The van der Waals surface area contributed by atoms with Crippen molar-refractivity contribution in [1.82, 2.24) is 19.7 Å². The molecule has 1 unspecified atom stereocenters. The van der Waals surface area contributed by atoms with Crippen LogP contribution in [-0.2, 0) is 24.7 Å². The van der Waals surface area contributed by atoms with E-state index < -0.39 is 5.97 Å². The van der Waals surface area contributed by atoms with Crippen molar-refractivity contribution in [1.29, 1.82) is 0 Å². The number of nitrogens with zero attached hydrogens (tertiary/aromatic N) is 3. The first-order chi connectivity index (χ1) is 9.04. The standard InChI is InChI=1S/C13H16N4O2/c1-7-5-11(16-17(7)2)12-14-9-4-3-8(13(18)19)6-10(9)15-12/h5,8H,3-4,6H2,1-2H3,(H,14,15)(H,18,19). The van der Waals surface area contributed by atoms with Crippen LogP contribution in [0.25, 0.3) is 11.5 Å². The van der Waals surface area contributed by atoms with Crippen molar-refractivity contribution in [3.05, 3.63) is 23.1 Å². The summed E-state index contributed by atoms with van der Waals surface area (Å²) < 4.78 is 1.80.